The van der Waals surface area contributed by atoms with Crippen LogP contribution in [-0.2, 0) is 20.8 Å². The van der Waals surface area contributed by atoms with Gasteiger partial charge in [0.25, 0.3) is 5.91 Å². The number of hydrogen-bond acceptors (Lipinski definition) is 7. The molecule has 4 rings (SSSR count). The number of benzene rings is 1. The van der Waals surface area contributed by atoms with Gasteiger partial charge in [0.05, 0.1) is 35.9 Å². The van der Waals surface area contributed by atoms with E-state index < -0.39 is 0 Å². The molecule has 1 aromatic carbocycles. The number of anilines is 1. The number of pyridine rings is 2. The second kappa shape index (κ2) is 12.0. The Kier molecular flexibility index (Phi) is 8.36. The molecule has 0 aliphatic heterocycles. The quantitative estimate of drug-likeness (QED) is 0.330. The molecule has 3 aromatic heterocycles. The van der Waals surface area contributed by atoms with Gasteiger partial charge >= 0.3 is 0 Å². The molecule has 3 heterocycles. The first-order valence-electron chi connectivity index (χ1n) is 11.8. The number of amides is 1. The van der Waals surface area contributed by atoms with Crippen LogP contribution >= 0.6 is 0 Å². The minimum absolute atomic E-state index is 0.0613. The molecule has 1 N–H and O–H groups in total. The fourth-order valence-electron chi connectivity index (χ4n) is 3.64. The molecular weight excluding hydrogens is 468 g/mol. The Balaban J connectivity index is 1.65. The fraction of sp³-hybridized carbons (Fsp3) is 0.250. The van der Waals surface area contributed by atoms with Crippen LogP contribution < -0.4 is 5.32 Å². The molecule has 9 nitrogen and oxygen atoms in total. The van der Waals surface area contributed by atoms with E-state index in [9.17, 15) is 4.79 Å². The van der Waals surface area contributed by atoms with Crippen LogP contribution in [0.3, 0.4) is 0 Å². The lowest BCUT2D eigenvalue weighted by molar-refractivity contribution is -0.120. The number of carbonyl (C=O) groups excluding carboxylic acids is 1. The maximum absolute atomic E-state index is 12.3. The summed E-state index contributed by atoms with van der Waals surface area (Å²) in [4.78, 5) is 21.6. The lowest BCUT2D eigenvalue weighted by Gasteiger charge is -2.10. The highest BCUT2D eigenvalue weighted by Crippen LogP contribution is 2.27. The van der Waals surface area contributed by atoms with E-state index in [0.717, 1.165) is 28.1 Å². The topological polar surface area (TPSA) is 104 Å². The molecular formula is C28H28N6O3. The third-order valence-electron chi connectivity index (χ3n) is 5.61. The number of nitrogens with one attached hydrogen (secondary N) is 1. The molecule has 0 saturated heterocycles. The van der Waals surface area contributed by atoms with Gasteiger partial charge in [-0.15, -0.1) is 11.5 Å². The summed E-state index contributed by atoms with van der Waals surface area (Å²) in [6.45, 7) is 4.60. The van der Waals surface area contributed by atoms with Gasteiger partial charge in [-0.25, -0.2) is 9.67 Å². The average Bonchev–Trinajstić information content (AvgIpc) is 3.40. The molecule has 9 heteroatoms. The number of ether oxygens (including phenoxy) is 2. The van der Waals surface area contributed by atoms with Crippen molar-refractivity contribution in [3.63, 3.8) is 0 Å². The highest BCUT2D eigenvalue weighted by atomic mass is 16.5. The lowest BCUT2D eigenvalue weighted by Crippen LogP contribution is -2.19. The van der Waals surface area contributed by atoms with E-state index >= 15 is 0 Å². The molecule has 4 aromatic rings. The molecule has 1 amide bonds. The average molecular weight is 497 g/mol. The first-order valence-corrected chi connectivity index (χ1v) is 11.8. The van der Waals surface area contributed by atoms with Crippen molar-refractivity contribution in [3.8, 4) is 34.9 Å². The van der Waals surface area contributed by atoms with E-state index in [1.807, 2.05) is 68.6 Å². The lowest BCUT2D eigenvalue weighted by atomic mass is 10.0. The molecule has 1 atom stereocenters. The van der Waals surface area contributed by atoms with Crippen molar-refractivity contribution < 1.29 is 14.3 Å². The van der Waals surface area contributed by atoms with Gasteiger partial charge in [-0.05, 0) is 50.2 Å². The summed E-state index contributed by atoms with van der Waals surface area (Å²) in [5, 5.41) is 11.4. The van der Waals surface area contributed by atoms with Gasteiger partial charge in [0.1, 0.15) is 18.1 Å². The van der Waals surface area contributed by atoms with Gasteiger partial charge in [0.2, 0.25) is 0 Å². The van der Waals surface area contributed by atoms with E-state index in [2.05, 4.69) is 31.5 Å². The Morgan fingerprint density at radius 2 is 1.95 bits per heavy atom. The normalized spacial score (nSPS) is 11.6. The first kappa shape index (κ1) is 25.7. The summed E-state index contributed by atoms with van der Waals surface area (Å²) in [5.41, 5.74) is 5.23. The summed E-state index contributed by atoms with van der Waals surface area (Å²) >= 11 is 0. The monoisotopic (exact) mass is 496 g/mol. The first-order chi connectivity index (χ1) is 18.0. The maximum Gasteiger partial charge on any atom is 0.251 e. The van der Waals surface area contributed by atoms with Gasteiger partial charge in [0, 0.05) is 30.4 Å². The Morgan fingerprint density at radius 3 is 2.73 bits per heavy atom. The summed E-state index contributed by atoms with van der Waals surface area (Å²) in [7, 11) is 1.65. The zero-order valence-electron chi connectivity index (χ0n) is 21.0. The highest BCUT2D eigenvalue weighted by Gasteiger charge is 2.13. The van der Waals surface area contributed by atoms with Crippen molar-refractivity contribution in [2.75, 3.05) is 25.6 Å². The van der Waals surface area contributed by atoms with Gasteiger partial charge < -0.3 is 14.8 Å². The number of aromatic nitrogens is 5. The molecule has 1 unspecified atom stereocenters. The zero-order chi connectivity index (χ0) is 26.2. The van der Waals surface area contributed by atoms with Crippen molar-refractivity contribution >= 4 is 11.7 Å². The van der Waals surface area contributed by atoms with Crippen LogP contribution in [-0.4, -0.2) is 51.2 Å². The number of carbonyl (C=O) groups is 1. The number of nitrogens with zero attached hydrogens (tertiary/aromatic N) is 5. The Bertz CT molecular complexity index is 1430. The predicted octanol–water partition coefficient (Wildman–Crippen LogP) is 4.11. The molecule has 0 aliphatic rings. The summed E-state index contributed by atoms with van der Waals surface area (Å²) < 4.78 is 12.3. The zero-order valence-corrected chi connectivity index (χ0v) is 21.0. The smallest absolute Gasteiger partial charge is 0.251 e. The largest absolute Gasteiger partial charge is 0.375 e. The maximum atomic E-state index is 12.3. The third kappa shape index (κ3) is 6.64. The summed E-state index contributed by atoms with van der Waals surface area (Å²) in [5.74, 6) is 2.72. The molecule has 37 heavy (non-hydrogen) atoms. The third-order valence-corrected chi connectivity index (χ3v) is 5.61. The van der Waals surface area contributed by atoms with Crippen LogP contribution in [0.4, 0.5) is 5.82 Å². The van der Waals surface area contributed by atoms with Crippen LogP contribution in [0.5, 0.6) is 0 Å². The number of methoxy groups -OCH3 is 1. The highest BCUT2D eigenvalue weighted by molar-refractivity contribution is 5.91. The van der Waals surface area contributed by atoms with Gasteiger partial charge in [-0.2, -0.15) is 0 Å². The molecule has 0 spiro atoms. The van der Waals surface area contributed by atoms with Gasteiger partial charge in [-0.3, -0.25) is 9.78 Å². The number of hydrogen-bond donors (Lipinski definition) is 1. The number of rotatable bonds is 10. The second-order valence-corrected chi connectivity index (χ2v) is 8.27. The van der Waals surface area contributed by atoms with Gasteiger partial charge in [0.15, 0.2) is 0 Å². The predicted molar refractivity (Wildman–Crippen MR) is 141 cm³/mol. The van der Waals surface area contributed by atoms with Crippen LogP contribution in [0.2, 0.25) is 0 Å². The van der Waals surface area contributed by atoms with Crippen LogP contribution in [0, 0.1) is 12.3 Å². The summed E-state index contributed by atoms with van der Waals surface area (Å²) in [6.07, 6.45) is 7.31. The van der Waals surface area contributed by atoms with Gasteiger partial charge in [-0.1, -0.05) is 29.3 Å². The standard InChI is InChI=1S/C28H28N6O3/c1-5-20-9-7-10-21(13-20)25-14-22(15-27(30-25)31-28(35)18-37-6-2)26-17-34(33-32-26)16-23-11-8-12-24(29-23)19(3)36-4/h1,7-15,17,19H,6,16,18H2,2-4H3,(H,30,31,35). The molecule has 188 valence electrons. The minimum Gasteiger partial charge on any atom is -0.375 e. The minimum atomic E-state index is -0.297. The van der Waals surface area contributed by atoms with E-state index in [0.29, 0.717) is 30.4 Å². The Hall–Kier alpha value is -4.39. The number of terminal acetylenes is 1. The summed E-state index contributed by atoms with van der Waals surface area (Å²) in [6, 6.07) is 17.0. The molecule has 0 fully saturated rings. The van der Waals surface area contributed by atoms with E-state index in [1.54, 1.807) is 17.9 Å². The van der Waals surface area contributed by atoms with Crippen molar-refractivity contribution in [2.24, 2.45) is 0 Å². The fourth-order valence-corrected chi connectivity index (χ4v) is 3.64. The van der Waals surface area contributed by atoms with Crippen LogP contribution in [0.15, 0.2) is 60.8 Å². The Morgan fingerprint density at radius 1 is 1.11 bits per heavy atom. The van der Waals surface area contributed by atoms with E-state index in [1.165, 1.54) is 0 Å². The van der Waals surface area contributed by atoms with Crippen LogP contribution in [0.25, 0.3) is 22.5 Å². The second-order valence-electron chi connectivity index (χ2n) is 8.27. The molecule has 0 saturated carbocycles. The molecule has 0 bridgehead atoms. The molecule has 0 radical (unpaired) electrons. The van der Waals surface area contributed by atoms with Crippen molar-refractivity contribution in [3.05, 3.63) is 77.7 Å². The van der Waals surface area contributed by atoms with Crippen LogP contribution in [0.1, 0.15) is 36.9 Å². The van der Waals surface area contributed by atoms with Crippen molar-refractivity contribution in [1.29, 1.82) is 0 Å². The SMILES string of the molecule is C#Cc1cccc(-c2cc(-c3cn(Cc4cccc(C(C)OC)n4)nn3)cc(NC(=O)COCC)n2)c1. The Labute approximate surface area is 215 Å². The van der Waals surface area contributed by atoms with Crippen molar-refractivity contribution in [2.45, 2.75) is 26.5 Å². The van der Waals surface area contributed by atoms with Crippen molar-refractivity contribution in [1.82, 2.24) is 25.0 Å². The van der Waals surface area contributed by atoms with E-state index in [4.69, 9.17) is 15.9 Å². The molecule has 0 aliphatic carbocycles. The van der Waals surface area contributed by atoms with E-state index in [-0.39, 0.29) is 18.6 Å².